The number of hydrogen-bond acceptors (Lipinski definition) is 4. The monoisotopic (exact) mass is 450 g/mol. The van der Waals surface area contributed by atoms with E-state index in [1.807, 2.05) is 50.2 Å². The van der Waals surface area contributed by atoms with Crippen molar-refractivity contribution in [3.05, 3.63) is 101 Å². The Morgan fingerprint density at radius 1 is 0.912 bits per heavy atom. The molecule has 0 saturated carbocycles. The highest BCUT2D eigenvalue weighted by Gasteiger charge is 2.23. The molecule has 0 atom stereocenters. The molecule has 5 rings (SSSR count). The molecule has 1 amide bonds. The van der Waals surface area contributed by atoms with Gasteiger partial charge in [-0.15, -0.1) is 0 Å². The van der Waals surface area contributed by atoms with E-state index in [9.17, 15) is 4.79 Å². The molecule has 172 valence electrons. The van der Waals surface area contributed by atoms with Gasteiger partial charge in [0.25, 0.3) is 5.91 Å². The highest BCUT2D eigenvalue weighted by molar-refractivity contribution is 6.09. The summed E-state index contributed by atoms with van der Waals surface area (Å²) in [6, 6.07) is 24.7. The Bertz CT molecular complexity index is 1310. The molecule has 5 heteroatoms. The van der Waals surface area contributed by atoms with Crippen LogP contribution in [0.3, 0.4) is 0 Å². The molecule has 1 fully saturated rings. The van der Waals surface area contributed by atoms with Gasteiger partial charge >= 0.3 is 0 Å². The zero-order chi connectivity index (χ0) is 23.5. The number of nitrogens with zero attached hydrogens (tertiary/aromatic N) is 3. The highest BCUT2D eigenvalue weighted by atomic mass is 16.1. The molecule has 1 aliphatic heterocycles. The SMILES string of the molecule is Cc1ccc(C(=O)Nc2cnc3ccccc3c2N2CCN(Cc3ccccc3)CC2)c(C)c1. The number of benzene rings is 3. The second-order valence-corrected chi connectivity index (χ2v) is 9.06. The largest absolute Gasteiger partial charge is 0.367 e. The highest BCUT2D eigenvalue weighted by Crippen LogP contribution is 2.34. The molecule has 1 saturated heterocycles. The van der Waals surface area contributed by atoms with Crippen molar-refractivity contribution in [3.8, 4) is 0 Å². The van der Waals surface area contributed by atoms with Gasteiger partial charge in [-0.05, 0) is 37.1 Å². The summed E-state index contributed by atoms with van der Waals surface area (Å²) in [5, 5.41) is 4.24. The fraction of sp³-hybridized carbons (Fsp3) is 0.241. The van der Waals surface area contributed by atoms with E-state index in [0.29, 0.717) is 5.56 Å². The van der Waals surface area contributed by atoms with E-state index in [1.54, 1.807) is 6.20 Å². The van der Waals surface area contributed by atoms with E-state index in [2.05, 4.69) is 56.5 Å². The lowest BCUT2D eigenvalue weighted by Crippen LogP contribution is -2.46. The van der Waals surface area contributed by atoms with Crippen molar-refractivity contribution in [1.82, 2.24) is 9.88 Å². The number of amides is 1. The van der Waals surface area contributed by atoms with Crippen LogP contribution < -0.4 is 10.2 Å². The smallest absolute Gasteiger partial charge is 0.256 e. The van der Waals surface area contributed by atoms with Crippen molar-refractivity contribution >= 4 is 28.2 Å². The third-order valence-electron chi connectivity index (χ3n) is 6.56. The van der Waals surface area contributed by atoms with Crippen LogP contribution in [0.4, 0.5) is 11.4 Å². The molecular formula is C29H30N4O. The minimum Gasteiger partial charge on any atom is -0.367 e. The topological polar surface area (TPSA) is 48.5 Å². The molecule has 5 nitrogen and oxygen atoms in total. The van der Waals surface area contributed by atoms with E-state index in [-0.39, 0.29) is 5.91 Å². The summed E-state index contributed by atoms with van der Waals surface area (Å²) in [7, 11) is 0. The van der Waals surface area contributed by atoms with E-state index >= 15 is 0 Å². The van der Waals surface area contributed by atoms with Crippen LogP contribution in [0.5, 0.6) is 0 Å². The molecule has 34 heavy (non-hydrogen) atoms. The lowest BCUT2D eigenvalue weighted by atomic mass is 10.0. The minimum atomic E-state index is -0.0986. The van der Waals surface area contributed by atoms with Gasteiger partial charge in [0.1, 0.15) is 0 Å². The van der Waals surface area contributed by atoms with Crippen LogP contribution in [0.2, 0.25) is 0 Å². The molecule has 0 aliphatic carbocycles. The molecule has 0 bridgehead atoms. The van der Waals surface area contributed by atoms with E-state index in [0.717, 1.165) is 66.1 Å². The Kier molecular flexibility index (Phi) is 6.28. The maximum atomic E-state index is 13.2. The zero-order valence-corrected chi connectivity index (χ0v) is 19.8. The fourth-order valence-corrected chi connectivity index (χ4v) is 4.79. The summed E-state index contributed by atoms with van der Waals surface area (Å²) in [5.41, 5.74) is 6.92. The van der Waals surface area contributed by atoms with Crippen LogP contribution in [-0.2, 0) is 6.54 Å². The number of rotatable bonds is 5. The van der Waals surface area contributed by atoms with Gasteiger partial charge in [0, 0.05) is 43.7 Å². The summed E-state index contributed by atoms with van der Waals surface area (Å²) in [6.45, 7) is 8.71. The van der Waals surface area contributed by atoms with Gasteiger partial charge in [0.05, 0.1) is 23.1 Å². The van der Waals surface area contributed by atoms with Crippen LogP contribution in [0.1, 0.15) is 27.0 Å². The first kappa shape index (κ1) is 22.1. The molecule has 1 aromatic heterocycles. The predicted molar refractivity (Wildman–Crippen MR) is 140 cm³/mol. The van der Waals surface area contributed by atoms with Crippen LogP contribution in [0, 0.1) is 13.8 Å². The van der Waals surface area contributed by atoms with Gasteiger partial charge in [-0.25, -0.2) is 0 Å². The van der Waals surface area contributed by atoms with Crippen molar-refractivity contribution < 1.29 is 4.79 Å². The summed E-state index contributed by atoms with van der Waals surface area (Å²) < 4.78 is 0. The summed E-state index contributed by atoms with van der Waals surface area (Å²) in [6.07, 6.45) is 1.80. The average molecular weight is 451 g/mol. The van der Waals surface area contributed by atoms with Crippen LogP contribution >= 0.6 is 0 Å². The number of para-hydroxylation sites is 1. The molecule has 2 heterocycles. The molecule has 1 N–H and O–H groups in total. The number of hydrogen-bond donors (Lipinski definition) is 1. The van der Waals surface area contributed by atoms with Gasteiger partial charge in [-0.3, -0.25) is 14.7 Å². The van der Waals surface area contributed by atoms with Crippen molar-refractivity contribution in [2.45, 2.75) is 20.4 Å². The fourth-order valence-electron chi connectivity index (χ4n) is 4.79. The molecule has 0 radical (unpaired) electrons. The van der Waals surface area contributed by atoms with Gasteiger partial charge in [0.15, 0.2) is 0 Å². The molecule has 1 aliphatic rings. The lowest BCUT2D eigenvalue weighted by molar-refractivity contribution is 0.102. The first-order chi connectivity index (χ1) is 16.6. The summed E-state index contributed by atoms with van der Waals surface area (Å²) in [5.74, 6) is -0.0986. The van der Waals surface area contributed by atoms with Crippen LogP contribution in [0.15, 0.2) is 79.0 Å². The number of aryl methyl sites for hydroxylation is 2. The number of carbonyl (C=O) groups excluding carboxylic acids is 1. The average Bonchev–Trinajstić information content (AvgIpc) is 2.85. The Morgan fingerprint density at radius 3 is 2.41 bits per heavy atom. The quantitative estimate of drug-likeness (QED) is 0.441. The van der Waals surface area contributed by atoms with E-state index < -0.39 is 0 Å². The third-order valence-corrected chi connectivity index (χ3v) is 6.56. The Morgan fingerprint density at radius 2 is 1.65 bits per heavy atom. The number of aromatic nitrogens is 1. The van der Waals surface area contributed by atoms with Crippen molar-refractivity contribution in [2.24, 2.45) is 0 Å². The van der Waals surface area contributed by atoms with Crippen molar-refractivity contribution in [3.63, 3.8) is 0 Å². The number of anilines is 2. The molecule has 3 aromatic carbocycles. The normalized spacial score (nSPS) is 14.4. The van der Waals surface area contributed by atoms with Crippen LogP contribution in [0.25, 0.3) is 10.9 Å². The number of fused-ring (bicyclic) bond motifs is 1. The first-order valence-electron chi connectivity index (χ1n) is 11.9. The van der Waals surface area contributed by atoms with Crippen LogP contribution in [-0.4, -0.2) is 42.0 Å². The third kappa shape index (κ3) is 4.66. The number of piperazine rings is 1. The molecular weight excluding hydrogens is 420 g/mol. The minimum absolute atomic E-state index is 0.0986. The van der Waals surface area contributed by atoms with Crippen molar-refractivity contribution in [1.29, 1.82) is 0 Å². The van der Waals surface area contributed by atoms with Gasteiger partial charge in [-0.1, -0.05) is 66.2 Å². The Hall–Kier alpha value is -3.70. The second-order valence-electron chi connectivity index (χ2n) is 9.06. The first-order valence-corrected chi connectivity index (χ1v) is 11.9. The maximum Gasteiger partial charge on any atom is 0.256 e. The van der Waals surface area contributed by atoms with Gasteiger partial charge < -0.3 is 10.2 Å². The van der Waals surface area contributed by atoms with Crippen molar-refractivity contribution in [2.75, 3.05) is 36.4 Å². The van der Waals surface area contributed by atoms with Gasteiger partial charge in [-0.2, -0.15) is 0 Å². The summed E-state index contributed by atoms with van der Waals surface area (Å²) >= 11 is 0. The molecule has 0 spiro atoms. The molecule has 0 unspecified atom stereocenters. The Labute approximate surface area is 201 Å². The number of nitrogens with one attached hydrogen (secondary N) is 1. The van der Waals surface area contributed by atoms with E-state index in [1.165, 1.54) is 5.56 Å². The lowest BCUT2D eigenvalue weighted by Gasteiger charge is -2.37. The number of carbonyl (C=O) groups is 1. The standard InChI is InChI=1S/C29H30N4O/c1-21-12-13-24(22(2)18-21)29(34)31-27-19-30-26-11-7-6-10-25(26)28(27)33-16-14-32(15-17-33)20-23-8-4-3-5-9-23/h3-13,18-19H,14-17,20H2,1-2H3,(H,31,34). The summed E-state index contributed by atoms with van der Waals surface area (Å²) in [4.78, 5) is 22.7. The second kappa shape index (κ2) is 9.65. The molecule has 4 aromatic rings. The number of pyridine rings is 1. The van der Waals surface area contributed by atoms with Gasteiger partial charge in [0.2, 0.25) is 0 Å². The maximum absolute atomic E-state index is 13.2. The Balaban J connectivity index is 1.41. The predicted octanol–water partition coefficient (Wildman–Crippen LogP) is 5.43. The zero-order valence-electron chi connectivity index (χ0n) is 19.8. The van der Waals surface area contributed by atoms with E-state index in [4.69, 9.17) is 0 Å².